The second-order valence-electron chi connectivity index (χ2n) is 28.7. The first-order valence-electron chi connectivity index (χ1n) is 38.7. The van der Waals surface area contributed by atoms with Crippen molar-refractivity contribution in [1.29, 1.82) is 0 Å². The smallest absolute Gasteiger partial charge is 0.462 e. The fraction of sp³-hybridized carbons (Fsp3) is 0.947. The van der Waals surface area contributed by atoms with Gasteiger partial charge in [0.15, 0.2) is 12.2 Å². The van der Waals surface area contributed by atoms with E-state index in [-0.39, 0.29) is 25.7 Å². The van der Waals surface area contributed by atoms with Gasteiger partial charge in [-0.05, 0) is 49.4 Å². The Labute approximate surface area is 575 Å². The van der Waals surface area contributed by atoms with E-state index >= 15 is 0 Å². The number of carbonyl (C=O) groups is 4. The lowest BCUT2D eigenvalue weighted by Crippen LogP contribution is -2.30. The first kappa shape index (κ1) is 92.1. The predicted octanol–water partition coefficient (Wildman–Crippen LogP) is 21.7. The molecular formula is C75H146O17P2. The summed E-state index contributed by atoms with van der Waals surface area (Å²) in [5.41, 5.74) is 0. The topological polar surface area (TPSA) is 237 Å². The quantitative estimate of drug-likeness (QED) is 0.0222. The van der Waals surface area contributed by atoms with Crippen molar-refractivity contribution in [3.63, 3.8) is 0 Å². The van der Waals surface area contributed by atoms with Crippen LogP contribution in [-0.4, -0.2) is 96.7 Å². The minimum Gasteiger partial charge on any atom is -0.462 e. The Bertz CT molecular complexity index is 1850. The van der Waals surface area contributed by atoms with Crippen LogP contribution in [0.5, 0.6) is 0 Å². The zero-order chi connectivity index (χ0) is 69.6. The minimum absolute atomic E-state index is 0.101. The van der Waals surface area contributed by atoms with Gasteiger partial charge in [0.1, 0.15) is 19.3 Å². The molecule has 0 amide bonds. The molecule has 0 aliphatic carbocycles. The van der Waals surface area contributed by atoms with Gasteiger partial charge in [0.2, 0.25) is 0 Å². The Morgan fingerprint density at radius 2 is 0.511 bits per heavy atom. The molecule has 6 atom stereocenters. The highest BCUT2D eigenvalue weighted by atomic mass is 31.2. The monoisotopic (exact) mass is 1380 g/mol. The van der Waals surface area contributed by atoms with Gasteiger partial charge in [0, 0.05) is 25.7 Å². The number of rotatable bonds is 72. The Hall–Kier alpha value is -1.94. The SMILES string of the molecule is CCC(C)CCCCCCCCC(=O)OC[C@H](COP(=O)(O)OC[C@H](O)COP(=O)(O)OC[C@@H](COC(=O)CCCCCCCCCCCCCCCCCC(C)C)OC(=O)CCCCCCCCCCCCCCCCC(C)C)OC(=O)CCCCCCCCC(C)C. The maximum atomic E-state index is 13.1. The Balaban J connectivity index is 5.21. The van der Waals surface area contributed by atoms with Crippen LogP contribution in [0.2, 0.25) is 0 Å². The fourth-order valence-electron chi connectivity index (χ4n) is 11.3. The molecule has 94 heavy (non-hydrogen) atoms. The van der Waals surface area contributed by atoms with Gasteiger partial charge in [0.25, 0.3) is 0 Å². The van der Waals surface area contributed by atoms with E-state index in [0.717, 1.165) is 114 Å². The first-order chi connectivity index (χ1) is 45.1. The van der Waals surface area contributed by atoms with E-state index < -0.39 is 97.5 Å². The molecule has 0 rings (SSSR count). The lowest BCUT2D eigenvalue weighted by atomic mass is 10.00. The molecule has 0 aliphatic rings. The van der Waals surface area contributed by atoms with E-state index in [4.69, 9.17) is 37.0 Å². The maximum absolute atomic E-state index is 13.1. The third-order valence-corrected chi connectivity index (χ3v) is 19.6. The number of carbonyl (C=O) groups excluding carboxylic acids is 4. The molecule has 0 saturated carbocycles. The van der Waals surface area contributed by atoms with Crippen molar-refractivity contribution < 1.29 is 80.2 Å². The molecule has 0 fully saturated rings. The van der Waals surface area contributed by atoms with Crippen LogP contribution in [0.3, 0.4) is 0 Å². The van der Waals surface area contributed by atoms with Crippen molar-refractivity contribution in [2.75, 3.05) is 39.6 Å². The maximum Gasteiger partial charge on any atom is 0.472 e. The van der Waals surface area contributed by atoms with Gasteiger partial charge >= 0.3 is 39.5 Å². The summed E-state index contributed by atoms with van der Waals surface area (Å²) in [6.45, 7) is 14.1. The van der Waals surface area contributed by atoms with Crippen LogP contribution < -0.4 is 0 Å². The van der Waals surface area contributed by atoms with Crippen molar-refractivity contribution in [3.05, 3.63) is 0 Å². The second-order valence-corrected chi connectivity index (χ2v) is 31.6. The molecule has 3 N–H and O–H groups in total. The van der Waals surface area contributed by atoms with Crippen molar-refractivity contribution in [2.24, 2.45) is 23.7 Å². The van der Waals surface area contributed by atoms with E-state index in [1.165, 1.54) is 173 Å². The number of unbranched alkanes of at least 4 members (excludes halogenated alkanes) is 37. The molecule has 17 nitrogen and oxygen atoms in total. The highest BCUT2D eigenvalue weighted by Gasteiger charge is 2.30. The molecule has 0 saturated heterocycles. The summed E-state index contributed by atoms with van der Waals surface area (Å²) in [5.74, 6) is 0.874. The summed E-state index contributed by atoms with van der Waals surface area (Å²) < 4.78 is 68.4. The normalized spacial score (nSPS) is 14.4. The molecule has 0 spiro atoms. The summed E-state index contributed by atoms with van der Waals surface area (Å²) >= 11 is 0. The molecule has 0 aromatic rings. The average molecular weight is 1380 g/mol. The van der Waals surface area contributed by atoms with Crippen LogP contribution in [0, 0.1) is 23.7 Å². The third kappa shape index (κ3) is 67.3. The number of hydrogen-bond donors (Lipinski definition) is 3. The minimum atomic E-state index is -4.96. The standard InChI is InChI=1S/C75H146O17P2/c1-9-68(8)54-46-38-32-34-40-48-56-73(78)86-62-71(92-75(80)58-50-42-33-31-37-45-53-67(6)7)64-90-94(83,84)88-60-69(76)59-87-93(81,82)89-63-70(91-74(79)57-49-41-30-26-22-18-14-13-16-20-24-28-36-44-52-66(4)5)61-85-72(77)55-47-39-29-25-21-17-12-10-11-15-19-23-27-35-43-51-65(2)3/h65-71,76H,9-64H2,1-8H3,(H,81,82)(H,83,84)/t68?,69-,70-,71-/m1/s1. The predicted molar refractivity (Wildman–Crippen MR) is 381 cm³/mol. The number of esters is 4. The largest absolute Gasteiger partial charge is 0.472 e. The summed E-state index contributed by atoms with van der Waals surface area (Å²) in [6, 6.07) is 0. The molecule has 19 heteroatoms. The first-order valence-corrected chi connectivity index (χ1v) is 41.7. The molecule has 0 aromatic heterocycles. The Morgan fingerprint density at radius 3 is 0.755 bits per heavy atom. The van der Waals surface area contributed by atoms with E-state index in [9.17, 15) is 43.2 Å². The number of phosphoric acid groups is 2. The highest BCUT2D eigenvalue weighted by Crippen LogP contribution is 2.45. The number of phosphoric ester groups is 2. The summed E-state index contributed by atoms with van der Waals surface area (Å²) in [5, 5.41) is 10.6. The third-order valence-electron chi connectivity index (χ3n) is 17.7. The van der Waals surface area contributed by atoms with Crippen LogP contribution in [0.15, 0.2) is 0 Å². The van der Waals surface area contributed by atoms with Gasteiger partial charge in [-0.2, -0.15) is 0 Å². The highest BCUT2D eigenvalue weighted by molar-refractivity contribution is 7.47. The zero-order valence-corrected chi connectivity index (χ0v) is 63.4. The second kappa shape index (κ2) is 64.4. The molecule has 0 aliphatic heterocycles. The van der Waals surface area contributed by atoms with Crippen LogP contribution >= 0.6 is 15.6 Å². The molecule has 558 valence electrons. The van der Waals surface area contributed by atoms with Gasteiger partial charge < -0.3 is 33.8 Å². The molecule has 0 bridgehead atoms. The molecule has 0 aromatic carbocycles. The van der Waals surface area contributed by atoms with Crippen LogP contribution in [-0.2, 0) is 65.4 Å². The van der Waals surface area contributed by atoms with Crippen LogP contribution in [0.25, 0.3) is 0 Å². The van der Waals surface area contributed by atoms with Crippen molar-refractivity contribution in [1.82, 2.24) is 0 Å². The lowest BCUT2D eigenvalue weighted by molar-refractivity contribution is -0.161. The average Bonchev–Trinajstić information content (AvgIpc) is 1.49. The van der Waals surface area contributed by atoms with Crippen LogP contribution in [0.1, 0.15) is 376 Å². The van der Waals surface area contributed by atoms with Crippen molar-refractivity contribution in [2.45, 2.75) is 395 Å². The molecule has 0 heterocycles. The fourth-order valence-corrected chi connectivity index (χ4v) is 12.9. The van der Waals surface area contributed by atoms with Gasteiger partial charge in [0.05, 0.1) is 26.4 Å². The van der Waals surface area contributed by atoms with E-state index in [2.05, 4.69) is 55.4 Å². The Kier molecular flexibility index (Phi) is 63.1. The van der Waals surface area contributed by atoms with Gasteiger partial charge in [-0.1, -0.05) is 325 Å². The number of ether oxygens (including phenoxy) is 4. The summed E-state index contributed by atoms with van der Waals surface area (Å²) in [4.78, 5) is 72.7. The van der Waals surface area contributed by atoms with E-state index in [1.807, 2.05) is 0 Å². The summed E-state index contributed by atoms with van der Waals surface area (Å²) in [6.07, 6.45) is 48.9. The van der Waals surface area contributed by atoms with Gasteiger partial charge in [-0.25, -0.2) is 9.13 Å². The summed E-state index contributed by atoms with van der Waals surface area (Å²) in [7, 11) is -9.91. The number of aliphatic hydroxyl groups is 1. The van der Waals surface area contributed by atoms with Crippen LogP contribution in [0.4, 0.5) is 0 Å². The number of aliphatic hydroxyl groups excluding tert-OH is 1. The molecular weight excluding hydrogens is 1230 g/mol. The zero-order valence-electron chi connectivity index (χ0n) is 61.6. The molecule has 3 unspecified atom stereocenters. The van der Waals surface area contributed by atoms with Gasteiger partial charge in [-0.15, -0.1) is 0 Å². The van der Waals surface area contributed by atoms with E-state index in [0.29, 0.717) is 31.6 Å². The van der Waals surface area contributed by atoms with Crippen molar-refractivity contribution in [3.8, 4) is 0 Å². The van der Waals surface area contributed by atoms with Crippen molar-refractivity contribution >= 4 is 39.5 Å². The molecule has 0 radical (unpaired) electrons. The lowest BCUT2D eigenvalue weighted by Gasteiger charge is -2.21. The van der Waals surface area contributed by atoms with E-state index in [1.54, 1.807) is 0 Å². The number of hydrogen-bond acceptors (Lipinski definition) is 15. The van der Waals surface area contributed by atoms with Gasteiger partial charge in [-0.3, -0.25) is 37.3 Å². The Morgan fingerprint density at radius 1 is 0.298 bits per heavy atom.